The average Bonchev–Trinajstić information content (AvgIpc) is 3.34. The van der Waals surface area contributed by atoms with Gasteiger partial charge in [0, 0.05) is 23.3 Å². The Balaban J connectivity index is 1.83. The fourth-order valence-electron chi connectivity index (χ4n) is 3.30. The van der Waals surface area contributed by atoms with Crippen molar-refractivity contribution in [1.29, 1.82) is 0 Å². The van der Waals surface area contributed by atoms with E-state index in [1.54, 1.807) is 12.4 Å². The molecule has 8 heteroatoms. The zero-order valence-electron chi connectivity index (χ0n) is 14.6. The van der Waals surface area contributed by atoms with Crippen LogP contribution in [0.15, 0.2) is 67.0 Å². The Kier molecular flexibility index (Phi) is 3.63. The highest BCUT2D eigenvalue weighted by Crippen LogP contribution is 2.32. The Hall–Kier alpha value is -4.04. The van der Waals surface area contributed by atoms with Crippen LogP contribution in [0.4, 0.5) is 0 Å². The van der Waals surface area contributed by atoms with E-state index < -0.39 is 5.91 Å². The van der Waals surface area contributed by atoms with E-state index in [0.29, 0.717) is 11.0 Å². The third-order valence-corrected chi connectivity index (χ3v) is 4.60. The van der Waals surface area contributed by atoms with Crippen LogP contribution in [0, 0.1) is 0 Å². The lowest BCUT2D eigenvalue weighted by molar-refractivity contribution is 0.0944. The Morgan fingerprint density at radius 3 is 2.43 bits per heavy atom. The molecular formula is C20H15N7O. The smallest absolute Gasteiger partial charge is 0.292 e. The van der Waals surface area contributed by atoms with Crippen molar-refractivity contribution in [2.45, 2.75) is 0 Å². The number of H-pyrrole nitrogens is 1. The second-order valence-corrected chi connectivity index (χ2v) is 6.27. The van der Waals surface area contributed by atoms with E-state index in [1.807, 2.05) is 59.3 Å². The van der Waals surface area contributed by atoms with Crippen molar-refractivity contribution in [3.05, 3.63) is 72.8 Å². The number of rotatable bonds is 3. The van der Waals surface area contributed by atoms with Gasteiger partial charge in [0.05, 0.1) is 27.9 Å². The maximum atomic E-state index is 11.8. The summed E-state index contributed by atoms with van der Waals surface area (Å²) in [5.74, 6) is 4.74. The predicted molar refractivity (Wildman–Crippen MR) is 106 cm³/mol. The summed E-state index contributed by atoms with van der Waals surface area (Å²) < 4.78 is 1.99. The third kappa shape index (κ3) is 2.51. The molecule has 28 heavy (non-hydrogen) atoms. The average molecular weight is 369 g/mol. The molecule has 1 amide bonds. The van der Waals surface area contributed by atoms with Gasteiger partial charge in [-0.2, -0.15) is 0 Å². The number of nitrogens with one attached hydrogen (secondary N) is 2. The molecule has 0 bridgehead atoms. The molecule has 0 saturated heterocycles. The highest BCUT2D eigenvalue weighted by molar-refractivity contribution is 6.03. The summed E-state index contributed by atoms with van der Waals surface area (Å²) >= 11 is 0. The molecule has 0 aliphatic rings. The quantitative estimate of drug-likeness (QED) is 0.257. The van der Waals surface area contributed by atoms with Gasteiger partial charge in [0.15, 0.2) is 0 Å². The van der Waals surface area contributed by atoms with E-state index in [9.17, 15) is 4.79 Å². The van der Waals surface area contributed by atoms with Crippen molar-refractivity contribution in [2.75, 3.05) is 0 Å². The van der Waals surface area contributed by atoms with Crippen molar-refractivity contribution in [2.24, 2.45) is 5.84 Å². The number of fused-ring (bicyclic) bond motifs is 2. The van der Waals surface area contributed by atoms with Crippen LogP contribution in [0.1, 0.15) is 10.6 Å². The van der Waals surface area contributed by atoms with E-state index in [1.165, 1.54) is 0 Å². The maximum absolute atomic E-state index is 11.8. The summed E-state index contributed by atoms with van der Waals surface area (Å²) in [5, 5.41) is 4.43. The highest BCUT2D eigenvalue weighted by atomic mass is 16.2. The van der Waals surface area contributed by atoms with Crippen LogP contribution in [0.25, 0.3) is 38.9 Å². The summed E-state index contributed by atoms with van der Waals surface area (Å²) in [6.07, 6.45) is 3.50. The molecule has 3 heterocycles. The summed E-state index contributed by atoms with van der Waals surface area (Å²) in [5.41, 5.74) is 7.14. The van der Waals surface area contributed by atoms with Gasteiger partial charge in [-0.25, -0.2) is 15.8 Å². The van der Waals surface area contributed by atoms with Gasteiger partial charge < -0.3 is 0 Å². The van der Waals surface area contributed by atoms with Crippen LogP contribution >= 0.6 is 0 Å². The molecule has 0 aliphatic carbocycles. The van der Waals surface area contributed by atoms with Gasteiger partial charge in [0.2, 0.25) is 5.82 Å². The molecule has 0 fully saturated rings. The van der Waals surface area contributed by atoms with Gasteiger partial charge in [0.1, 0.15) is 0 Å². The Bertz CT molecular complexity index is 1210. The molecule has 136 valence electrons. The largest absolute Gasteiger partial charge is 0.302 e. The zero-order valence-corrected chi connectivity index (χ0v) is 14.6. The molecule has 3 aromatic heterocycles. The standard InChI is InChI=1S/C20H15N7O/c21-25-20(28)19-23-15-10-14-17(11-16(15)24-19)27(13-4-2-1-3-5-13)26-18(14)12-6-8-22-9-7-12/h1-11,26H,21H2,(H,25,28). The zero-order chi connectivity index (χ0) is 19.1. The van der Waals surface area contributed by atoms with Crippen LogP contribution in [0.2, 0.25) is 0 Å². The van der Waals surface area contributed by atoms with Crippen LogP contribution in [0.5, 0.6) is 0 Å². The number of hydrogen-bond acceptors (Lipinski definition) is 5. The minimum absolute atomic E-state index is 0.0471. The summed E-state index contributed by atoms with van der Waals surface area (Å²) in [4.78, 5) is 24.5. The van der Waals surface area contributed by atoms with Gasteiger partial charge in [-0.1, -0.05) is 18.2 Å². The second-order valence-electron chi connectivity index (χ2n) is 6.27. The number of carbonyl (C=O) groups is 1. The van der Waals surface area contributed by atoms with Crippen LogP contribution in [0.3, 0.4) is 0 Å². The molecule has 8 nitrogen and oxygen atoms in total. The number of carbonyl (C=O) groups excluding carboxylic acids is 1. The first-order valence-electron chi connectivity index (χ1n) is 8.63. The number of nitrogens with zero attached hydrogens (tertiary/aromatic N) is 4. The summed E-state index contributed by atoms with van der Waals surface area (Å²) in [7, 11) is 0. The molecule has 0 unspecified atom stereocenters. The van der Waals surface area contributed by atoms with Crippen molar-refractivity contribution < 1.29 is 4.79 Å². The number of nitrogens with two attached hydrogens (primary N) is 1. The van der Waals surface area contributed by atoms with Crippen molar-refractivity contribution in [1.82, 2.24) is 30.2 Å². The van der Waals surface area contributed by atoms with E-state index in [4.69, 9.17) is 5.84 Å². The number of aromatic amines is 1. The van der Waals surface area contributed by atoms with E-state index in [0.717, 1.165) is 27.8 Å². The molecule has 2 aromatic carbocycles. The van der Waals surface area contributed by atoms with Crippen LogP contribution in [-0.2, 0) is 0 Å². The molecular weight excluding hydrogens is 354 g/mol. The molecule has 0 radical (unpaired) electrons. The number of imidazole rings is 1. The topological polar surface area (TPSA) is 115 Å². The van der Waals surface area contributed by atoms with Crippen LogP contribution < -0.4 is 11.3 Å². The second kappa shape index (κ2) is 6.29. The monoisotopic (exact) mass is 369 g/mol. The highest BCUT2D eigenvalue weighted by Gasteiger charge is 2.17. The predicted octanol–water partition coefficient (Wildman–Crippen LogP) is 2.57. The Labute approximate surface area is 159 Å². The number of nitrogen functional groups attached to an aromatic ring is 1. The minimum Gasteiger partial charge on any atom is -0.292 e. The molecule has 0 atom stereocenters. The molecule has 0 saturated carbocycles. The number of pyridine rings is 1. The fourth-order valence-corrected chi connectivity index (χ4v) is 3.30. The van der Waals surface area contributed by atoms with E-state index in [-0.39, 0.29) is 5.82 Å². The molecule has 5 aromatic rings. The first-order chi connectivity index (χ1) is 13.7. The van der Waals surface area contributed by atoms with Gasteiger partial charge >= 0.3 is 5.91 Å². The number of hydrazine groups is 1. The SMILES string of the molecule is NNC(=O)c1nc2cc3c(-c4ccncc4)[nH]n(-c4ccccc4)c3cc2n1. The molecule has 0 aliphatic heterocycles. The number of amides is 1. The first-order valence-corrected chi connectivity index (χ1v) is 8.63. The van der Waals surface area contributed by atoms with Crippen molar-refractivity contribution >= 4 is 27.8 Å². The van der Waals surface area contributed by atoms with Crippen molar-refractivity contribution in [3.8, 4) is 16.9 Å². The molecule has 0 spiro atoms. The van der Waals surface area contributed by atoms with E-state index in [2.05, 4.69) is 25.5 Å². The van der Waals surface area contributed by atoms with Gasteiger partial charge in [-0.15, -0.1) is 0 Å². The van der Waals surface area contributed by atoms with Crippen molar-refractivity contribution in [3.63, 3.8) is 0 Å². The summed E-state index contributed by atoms with van der Waals surface area (Å²) in [6.45, 7) is 0. The Morgan fingerprint density at radius 1 is 1.00 bits per heavy atom. The number of aromatic nitrogens is 5. The molecule has 4 N–H and O–H groups in total. The third-order valence-electron chi connectivity index (χ3n) is 4.60. The van der Waals surface area contributed by atoms with Gasteiger partial charge in [-0.3, -0.25) is 25.0 Å². The lowest BCUT2D eigenvalue weighted by atomic mass is 10.1. The number of benzene rings is 2. The van der Waals surface area contributed by atoms with E-state index >= 15 is 0 Å². The summed E-state index contributed by atoms with van der Waals surface area (Å²) in [6, 6.07) is 17.7. The molecule has 5 rings (SSSR count). The lowest BCUT2D eigenvalue weighted by Crippen LogP contribution is -2.30. The first kappa shape index (κ1) is 16.2. The number of hydrogen-bond donors (Lipinski definition) is 3. The van der Waals surface area contributed by atoms with Crippen LogP contribution in [-0.4, -0.2) is 30.6 Å². The van der Waals surface area contributed by atoms with Gasteiger partial charge in [0.25, 0.3) is 0 Å². The maximum Gasteiger partial charge on any atom is 0.302 e. The normalized spacial score (nSPS) is 11.2. The number of para-hydroxylation sites is 1. The Morgan fingerprint density at radius 2 is 1.71 bits per heavy atom. The lowest BCUT2D eigenvalue weighted by Gasteiger charge is -2.04. The van der Waals surface area contributed by atoms with Gasteiger partial charge in [-0.05, 0) is 36.4 Å². The fraction of sp³-hybridized carbons (Fsp3) is 0. The minimum atomic E-state index is -0.521.